The second kappa shape index (κ2) is 7.21. The molecule has 1 aromatic carbocycles. The number of hydrogen-bond acceptors (Lipinski definition) is 5. The molecule has 0 radical (unpaired) electrons. The summed E-state index contributed by atoms with van der Waals surface area (Å²) in [5.41, 5.74) is 0.429. The van der Waals surface area contributed by atoms with Crippen molar-refractivity contribution in [3.05, 3.63) is 28.8 Å². The number of aromatic nitrogens is 2. The van der Waals surface area contributed by atoms with E-state index in [1.165, 1.54) is 19.2 Å². The fraction of sp³-hybridized carbons (Fsp3) is 0.556. The molecule has 3 rings (SSSR count). The Morgan fingerprint density at radius 2 is 2.08 bits per heavy atom. The minimum Gasteiger partial charge on any atom is -0.493 e. The molecular formula is C18H25N3O3. The van der Waals surface area contributed by atoms with Gasteiger partial charge in [0, 0.05) is 19.2 Å². The van der Waals surface area contributed by atoms with Gasteiger partial charge in [0.1, 0.15) is 0 Å². The van der Waals surface area contributed by atoms with Crippen LogP contribution in [-0.4, -0.2) is 41.3 Å². The number of nitrogens with one attached hydrogen (secondary N) is 1. The third-order valence-electron chi connectivity index (χ3n) is 4.76. The number of ether oxygens (including phenoxy) is 2. The van der Waals surface area contributed by atoms with Crippen molar-refractivity contribution in [1.82, 2.24) is 14.9 Å². The summed E-state index contributed by atoms with van der Waals surface area (Å²) in [7, 11) is 1.59. The molecule has 0 spiro atoms. The van der Waals surface area contributed by atoms with E-state index in [-0.39, 0.29) is 11.8 Å². The van der Waals surface area contributed by atoms with E-state index in [2.05, 4.69) is 28.7 Å². The van der Waals surface area contributed by atoms with Gasteiger partial charge < -0.3 is 14.5 Å². The van der Waals surface area contributed by atoms with Gasteiger partial charge in [-0.3, -0.25) is 9.69 Å². The molecular weight excluding hydrogens is 306 g/mol. The van der Waals surface area contributed by atoms with Crippen LogP contribution in [0.2, 0.25) is 0 Å². The molecule has 0 amide bonds. The zero-order chi connectivity index (χ0) is 17.1. The average molecular weight is 331 g/mol. The molecule has 2 heterocycles. The molecule has 1 aliphatic rings. The Kier molecular flexibility index (Phi) is 5.04. The summed E-state index contributed by atoms with van der Waals surface area (Å²) in [5, 5.41) is 0.501. The number of rotatable bonds is 5. The monoisotopic (exact) mass is 331 g/mol. The van der Waals surface area contributed by atoms with Gasteiger partial charge >= 0.3 is 0 Å². The van der Waals surface area contributed by atoms with Gasteiger partial charge in [0.05, 0.1) is 24.3 Å². The fourth-order valence-electron chi connectivity index (χ4n) is 3.21. The molecule has 1 aromatic heterocycles. The van der Waals surface area contributed by atoms with Crippen LogP contribution in [0, 0.1) is 5.92 Å². The zero-order valence-electron chi connectivity index (χ0n) is 14.5. The second-order valence-corrected chi connectivity index (χ2v) is 6.45. The minimum absolute atomic E-state index is 0.00541. The topological polar surface area (TPSA) is 67.4 Å². The molecule has 24 heavy (non-hydrogen) atoms. The quantitative estimate of drug-likeness (QED) is 0.912. The Morgan fingerprint density at radius 3 is 2.75 bits per heavy atom. The maximum Gasteiger partial charge on any atom is 0.258 e. The first-order valence-electron chi connectivity index (χ1n) is 8.58. The van der Waals surface area contributed by atoms with Gasteiger partial charge in [-0.25, -0.2) is 4.98 Å². The molecule has 1 aliphatic heterocycles. The highest BCUT2D eigenvalue weighted by Gasteiger charge is 2.24. The zero-order valence-corrected chi connectivity index (χ0v) is 14.5. The summed E-state index contributed by atoms with van der Waals surface area (Å²) < 4.78 is 11.7. The average Bonchev–Trinajstić information content (AvgIpc) is 2.60. The van der Waals surface area contributed by atoms with Crippen molar-refractivity contribution < 1.29 is 9.47 Å². The summed E-state index contributed by atoms with van der Waals surface area (Å²) in [6, 6.07) is 3.49. The van der Waals surface area contributed by atoms with Gasteiger partial charge in [-0.2, -0.15) is 0 Å². The Morgan fingerprint density at radius 1 is 1.33 bits per heavy atom. The van der Waals surface area contributed by atoms with Crippen molar-refractivity contribution in [3.63, 3.8) is 0 Å². The lowest BCUT2D eigenvalue weighted by atomic mass is 9.99. The van der Waals surface area contributed by atoms with Crippen LogP contribution in [0.4, 0.5) is 0 Å². The smallest absolute Gasteiger partial charge is 0.258 e. The predicted molar refractivity (Wildman–Crippen MR) is 93.6 cm³/mol. The second-order valence-electron chi connectivity index (χ2n) is 6.45. The lowest BCUT2D eigenvalue weighted by Gasteiger charge is -2.36. The van der Waals surface area contributed by atoms with E-state index in [1.807, 2.05) is 0 Å². The molecule has 1 unspecified atom stereocenters. The van der Waals surface area contributed by atoms with Crippen LogP contribution in [0.25, 0.3) is 10.9 Å². The van der Waals surface area contributed by atoms with Crippen molar-refractivity contribution >= 4 is 10.9 Å². The van der Waals surface area contributed by atoms with Crippen molar-refractivity contribution in [2.45, 2.75) is 39.3 Å². The normalized spacial score (nSPS) is 17.8. The lowest BCUT2D eigenvalue weighted by Crippen LogP contribution is -2.43. The SMILES string of the molecule is CCC(Oc1cc2nc[nH]c(=O)c2cc1OC)N1CCC(C)CC1. The first-order valence-corrected chi connectivity index (χ1v) is 8.58. The number of benzene rings is 1. The van der Waals surface area contributed by atoms with Crippen molar-refractivity contribution in [2.75, 3.05) is 20.2 Å². The van der Waals surface area contributed by atoms with Gasteiger partial charge in [-0.15, -0.1) is 0 Å². The van der Waals surface area contributed by atoms with Crippen molar-refractivity contribution in [1.29, 1.82) is 0 Å². The number of piperidine rings is 1. The van der Waals surface area contributed by atoms with E-state index < -0.39 is 0 Å². The van der Waals surface area contributed by atoms with Crippen LogP contribution < -0.4 is 15.0 Å². The molecule has 0 saturated carbocycles. The molecule has 130 valence electrons. The molecule has 6 heteroatoms. The predicted octanol–water partition coefficient (Wildman–Crippen LogP) is 2.78. The number of fused-ring (bicyclic) bond motifs is 1. The fourth-order valence-corrected chi connectivity index (χ4v) is 3.21. The number of hydrogen-bond donors (Lipinski definition) is 1. The Hall–Kier alpha value is -2.08. The number of nitrogens with zero attached hydrogens (tertiary/aromatic N) is 2. The van der Waals surface area contributed by atoms with E-state index in [9.17, 15) is 4.79 Å². The lowest BCUT2D eigenvalue weighted by molar-refractivity contribution is 0.000134. The minimum atomic E-state index is -0.179. The van der Waals surface area contributed by atoms with E-state index in [1.54, 1.807) is 19.2 Å². The third-order valence-corrected chi connectivity index (χ3v) is 4.76. The summed E-state index contributed by atoms with van der Waals surface area (Å²) in [4.78, 5) is 21.1. The molecule has 1 saturated heterocycles. The third kappa shape index (κ3) is 3.38. The largest absolute Gasteiger partial charge is 0.493 e. The van der Waals surface area contributed by atoms with E-state index in [0.29, 0.717) is 22.4 Å². The van der Waals surface area contributed by atoms with Crippen LogP contribution in [-0.2, 0) is 0 Å². The maximum atomic E-state index is 11.9. The molecule has 1 fully saturated rings. The van der Waals surface area contributed by atoms with E-state index >= 15 is 0 Å². The maximum absolute atomic E-state index is 11.9. The number of H-pyrrole nitrogens is 1. The Balaban J connectivity index is 1.88. The molecule has 0 bridgehead atoms. The van der Waals surface area contributed by atoms with E-state index in [4.69, 9.17) is 9.47 Å². The van der Waals surface area contributed by atoms with Crippen LogP contribution in [0.3, 0.4) is 0 Å². The van der Waals surface area contributed by atoms with Crippen LogP contribution >= 0.6 is 0 Å². The van der Waals surface area contributed by atoms with Crippen molar-refractivity contribution in [2.24, 2.45) is 5.92 Å². The number of methoxy groups -OCH3 is 1. The van der Waals surface area contributed by atoms with Gasteiger partial charge in [-0.1, -0.05) is 13.8 Å². The highest BCUT2D eigenvalue weighted by atomic mass is 16.5. The first-order chi connectivity index (χ1) is 11.6. The van der Waals surface area contributed by atoms with Crippen LogP contribution in [0.1, 0.15) is 33.1 Å². The number of aromatic amines is 1. The standard InChI is InChI=1S/C18H25N3O3/c1-4-17(21-7-5-12(2)6-8-21)24-16-10-14-13(9-15(16)23-3)18(22)20-11-19-14/h9-12,17H,4-8H2,1-3H3,(H,19,20,22). The van der Waals surface area contributed by atoms with Crippen LogP contribution in [0.5, 0.6) is 11.5 Å². The van der Waals surface area contributed by atoms with Gasteiger partial charge in [0.2, 0.25) is 0 Å². The van der Waals surface area contributed by atoms with Gasteiger partial charge in [0.15, 0.2) is 17.7 Å². The number of likely N-dealkylation sites (tertiary alicyclic amines) is 1. The molecule has 0 aliphatic carbocycles. The highest BCUT2D eigenvalue weighted by Crippen LogP contribution is 2.32. The molecule has 1 N–H and O–H groups in total. The summed E-state index contributed by atoms with van der Waals surface area (Å²) in [5.74, 6) is 1.98. The van der Waals surface area contributed by atoms with Crippen LogP contribution in [0.15, 0.2) is 23.3 Å². The Bertz CT molecular complexity index is 751. The summed E-state index contributed by atoms with van der Waals surface area (Å²) in [6.07, 6.45) is 4.70. The molecule has 6 nitrogen and oxygen atoms in total. The van der Waals surface area contributed by atoms with E-state index in [0.717, 1.165) is 25.4 Å². The molecule has 1 atom stereocenters. The van der Waals surface area contributed by atoms with Gasteiger partial charge in [-0.05, 0) is 31.2 Å². The summed E-state index contributed by atoms with van der Waals surface area (Å²) >= 11 is 0. The highest BCUT2D eigenvalue weighted by molar-refractivity contribution is 5.81. The Labute approximate surface area is 141 Å². The molecule has 2 aromatic rings. The van der Waals surface area contributed by atoms with Crippen molar-refractivity contribution in [3.8, 4) is 11.5 Å². The van der Waals surface area contributed by atoms with Gasteiger partial charge in [0.25, 0.3) is 5.56 Å². The summed E-state index contributed by atoms with van der Waals surface area (Å²) in [6.45, 7) is 6.52. The first kappa shape index (κ1) is 16.8.